The normalized spacial score (nSPS) is 26.9. The fraction of sp³-hybridized carbons (Fsp3) is 0.440. The maximum absolute atomic E-state index is 13.4. The number of carboxylic acid groups (broad SMARTS) is 1. The third-order valence-electron chi connectivity index (χ3n) is 6.45. The minimum Gasteiger partial charge on any atom is -0.480 e. The second-order valence-electron chi connectivity index (χ2n) is 9.58. The Balaban J connectivity index is 2.01. The lowest BCUT2D eigenvalue weighted by atomic mass is 10.0. The number of aliphatic carboxylic acids is 1. The zero-order valence-corrected chi connectivity index (χ0v) is 22.9. The predicted molar refractivity (Wildman–Crippen MR) is 148 cm³/mol. The van der Waals surface area contributed by atoms with Gasteiger partial charge in [0.2, 0.25) is 29.5 Å². The van der Waals surface area contributed by atoms with E-state index in [1.165, 1.54) is 6.92 Å². The number of carboxylic acids is 1. The summed E-state index contributed by atoms with van der Waals surface area (Å²) in [6, 6.07) is 0.677. The summed E-state index contributed by atoms with van der Waals surface area (Å²) in [6.07, 6.45) is 1.10. The smallest absolute Gasteiger partial charge is 0.318 e. The van der Waals surface area contributed by atoms with Crippen LogP contribution in [0.4, 0.5) is 0 Å². The van der Waals surface area contributed by atoms with Gasteiger partial charge in [-0.2, -0.15) is 0 Å². The van der Waals surface area contributed by atoms with E-state index < -0.39 is 84.0 Å². The van der Waals surface area contributed by atoms with Gasteiger partial charge >= 0.3 is 5.97 Å². The van der Waals surface area contributed by atoms with Crippen molar-refractivity contribution in [3.8, 4) is 0 Å². The van der Waals surface area contributed by atoms with Gasteiger partial charge in [0.15, 0.2) is 0 Å². The van der Waals surface area contributed by atoms with Gasteiger partial charge in [-0.1, -0.05) is 18.2 Å². The number of amides is 5. The summed E-state index contributed by atoms with van der Waals surface area (Å²) >= 11 is 0.788. The van der Waals surface area contributed by atoms with Crippen LogP contribution >= 0.6 is 11.8 Å². The van der Waals surface area contributed by atoms with E-state index in [-0.39, 0.29) is 12.2 Å². The van der Waals surface area contributed by atoms with Crippen LogP contribution in [0.5, 0.6) is 0 Å². The highest BCUT2D eigenvalue weighted by Gasteiger charge is 2.36. The number of hydrogen-bond acceptors (Lipinski definition) is 9. The molecule has 15 nitrogen and oxygen atoms in total. The van der Waals surface area contributed by atoms with Crippen molar-refractivity contribution >= 4 is 58.2 Å². The molecule has 0 spiro atoms. The van der Waals surface area contributed by atoms with Crippen LogP contribution in [0, 0.1) is 0 Å². The molecule has 0 aliphatic carbocycles. The number of benzene rings is 1. The second kappa shape index (κ2) is 14.0. The second-order valence-corrected chi connectivity index (χ2v) is 10.8. The van der Waals surface area contributed by atoms with Gasteiger partial charge in [0.05, 0.1) is 25.1 Å². The molecule has 0 bridgehead atoms. The molecule has 41 heavy (non-hydrogen) atoms. The number of aliphatic hydroxyl groups excluding tert-OH is 1. The van der Waals surface area contributed by atoms with Crippen LogP contribution in [0.25, 0.3) is 10.9 Å². The van der Waals surface area contributed by atoms with E-state index in [9.17, 15) is 39.0 Å². The van der Waals surface area contributed by atoms with Crippen LogP contribution in [-0.2, 0) is 35.2 Å². The Labute approximate surface area is 238 Å². The van der Waals surface area contributed by atoms with Gasteiger partial charge in [-0.3, -0.25) is 28.8 Å². The average molecular weight is 592 g/mol. The predicted octanol–water partition coefficient (Wildman–Crippen LogP) is -2.94. The highest BCUT2D eigenvalue weighted by Crippen LogP contribution is 2.24. The van der Waals surface area contributed by atoms with Crippen LogP contribution < -0.4 is 32.7 Å². The summed E-state index contributed by atoms with van der Waals surface area (Å²) in [5.74, 6) is -5.94. The minimum absolute atomic E-state index is 0.0252. The van der Waals surface area contributed by atoms with Gasteiger partial charge in [-0.15, -0.1) is 11.8 Å². The van der Waals surface area contributed by atoms with Gasteiger partial charge in [-0.25, -0.2) is 0 Å². The fourth-order valence-corrected chi connectivity index (χ4v) is 5.36. The van der Waals surface area contributed by atoms with E-state index in [0.29, 0.717) is 5.56 Å². The van der Waals surface area contributed by atoms with Gasteiger partial charge in [-0.05, 0) is 25.0 Å². The molecule has 3 rings (SSSR count). The Hall–Kier alpha value is -4.15. The molecule has 222 valence electrons. The van der Waals surface area contributed by atoms with Crippen molar-refractivity contribution in [2.75, 3.05) is 12.4 Å². The Morgan fingerprint density at radius 2 is 1.63 bits per heavy atom. The van der Waals surface area contributed by atoms with Crippen molar-refractivity contribution in [2.45, 2.75) is 55.2 Å². The van der Waals surface area contributed by atoms with Gasteiger partial charge < -0.3 is 47.9 Å². The molecular formula is C25H33N7O8S. The third-order valence-corrected chi connectivity index (χ3v) is 7.89. The number of carbonyl (C=O) groups is 6. The highest BCUT2D eigenvalue weighted by atomic mass is 32.2. The molecule has 5 unspecified atom stereocenters. The lowest BCUT2D eigenvalue weighted by Crippen LogP contribution is -2.60. The number of aromatic nitrogens is 1. The molecule has 2 aromatic rings. The summed E-state index contributed by atoms with van der Waals surface area (Å²) in [5.41, 5.74) is 12.8. The summed E-state index contributed by atoms with van der Waals surface area (Å²) in [5, 5.41) is 28.8. The van der Waals surface area contributed by atoms with E-state index in [2.05, 4.69) is 26.3 Å². The molecule has 1 aromatic heterocycles. The molecule has 1 aromatic carbocycles. The first-order chi connectivity index (χ1) is 19.4. The van der Waals surface area contributed by atoms with E-state index in [1.54, 1.807) is 12.3 Å². The number of para-hydroxylation sites is 1. The summed E-state index contributed by atoms with van der Waals surface area (Å²) in [6.45, 7) is 0.470. The molecule has 6 atom stereocenters. The molecule has 1 fully saturated rings. The number of H-pyrrole nitrogens is 1. The molecule has 0 radical (unpaired) electrons. The largest absolute Gasteiger partial charge is 0.480 e. The molecule has 2 heterocycles. The summed E-state index contributed by atoms with van der Waals surface area (Å²) in [7, 11) is 0. The lowest BCUT2D eigenvalue weighted by molar-refractivity contribution is -0.138. The average Bonchev–Trinajstić information content (AvgIpc) is 3.32. The number of nitrogens with two attached hydrogens (primary N) is 2. The minimum atomic E-state index is -1.49. The van der Waals surface area contributed by atoms with E-state index in [1.807, 2.05) is 18.2 Å². The summed E-state index contributed by atoms with van der Waals surface area (Å²) in [4.78, 5) is 78.7. The zero-order chi connectivity index (χ0) is 30.3. The molecule has 0 saturated carbocycles. The molecule has 1 aliphatic rings. The number of fused-ring (bicyclic) bond motifs is 1. The molecule has 1 saturated heterocycles. The number of nitrogens with one attached hydrogen (secondary N) is 5. The molecule has 16 heteroatoms. The molecule has 11 N–H and O–H groups in total. The van der Waals surface area contributed by atoms with Crippen LogP contribution in [-0.4, -0.2) is 98.5 Å². The lowest BCUT2D eigenvalue weighted by Gasteiger charge is -2.29. The highest BCUT2D eigenvalue weighted by molar-refractivity contribution is 8.00. The van der Waals surface area contributed by atoms with Crippen LogP contribution in [0.15, 0.2) is 30.5 Å². The number of carbonyl (C=O) groups excluding carboxylic acids is 5. The Morgan fingerprint density at radius 3 is 2.29 bits per heavy atom. The maximum Gasteiger partial charge on any atom is 0.318 e. The van der Waals surface area contributed by atoms with Crippen molar-refractivity contribution in [1.29, 1.82) is 0 Å². The Bertz CT molecular complexity index is 1320. The standard InChI is InChI=1S/C25H33N7O8S/c1-11-21(35)31-17(7-19(27)34)23(37)30-16(6-12-8-28-15-5-3-2-4-13(12)15)20(25(39)40)41-10-14(26)22(36)32-18(9-33)24(38)29-11/h2-5,8,11,14,16-18,20,28,33H,6-7,9-10,26H2,1H3,(H2,27,34)(H,29,38)(H,30,37)(H,31,35)(H,32,36)(H,39,40)/t11?,14-,16?,17?,18?,20?/m0/s1. The van der Waals surface area contributed by atoms with Crippen LogP contribution in [0.1, 0.15) is 18.9 Å². The van der Waals surface area contributed by atoms with Crippen molar-refractivity contribution < 1.29 is 39.0 Å². The number of aliphatic hydroxyl groups is 1. The SMILES string of the molecule is CC1NC(=O)C(CO)NC(=O)[C@@H](N)CSC(C(=O)O)C(Cc2c[nH]c3ccccc23)NC(=O)C(CC(N)=O)NC1=O. The number of aromatic amines is 1. The number of thioether (sulfide) groups is 1. The zero-order valence-electron chi connectivity index (χ0n) is 22.1. The van der Waals surface area contributed by atoms with Crippen molar-refractivity contribution in [3.05, 3.63) is 36.0 Å². The van der Waals surface area contributed by atoms with Crippen molar-refractivity contribution in [2.24, 2.45) is 11.5 Å². The third kappa shape index (κ3) is 8.18. The van der Waals surface area contributed by atoms with Crippen LogP contribution in [0.2, 0.25) is 0 Å². The fourth-order valence-electron chi connectivity index (χ4n) is 4.26. The maximum atomic E-state index is 13.4. The van der Waals surface area contributed by atoms with Crippen molar-refractivity contribution in [1.82, 2.24) is 26.3 Å². The van der Waals surface area contributed by atoms with Crippen LogP contribution in [0.3, 0.4) is 0 Å². The monoisotopic (exact) mass is 591 g/mol. The topological polar surface area (TPSA) is 259 Å². The number of rotatable bonds is 6. The van der Waals surface area contributed by atoms with E-state index in [0.717, 1.165) is 22.7 Å². The van der Waals surface area contributed by atoms with Gasteiger partial charge in [0.1, 0.15) is 23.4 Å². The van der Waals surface area contributed by atoms with Crippen molar-refractivity contribution in [3.63, 3.8) is 0 Å². The Kier molecular flexibility index (Phi) is 10.7. The van der Waals surface area contributed by atoms with E-state index >= 15 is 0 Å². The molecule has 1 aliphatic heterocycles. The number of primary amides is 1. The van der Waals surface area contributed by atoms with Gasteiger partial charge in [0.25, 0.3) is 0 Å². The van der Waals surface area contributed by atoms with Gasteiger partial charge in [0, 0.05) is 22.9 Å². The number of hydrogen-bond donors (Lipinski definition) is 9. The first-order valence-electron chi connectivity index (χ1n) is 12.7. The molecular weight excluding hydrogens is 558 g/mol. The van der Waals surface area contributed by atoms with E-state index in [4.69, 9.17) is 11.5 Å². The Morgan fingerprint density at radius 1 is 0.976 bits per heavy atom. The first kappa shape index (κ1) is 31.4. The summed E-state index contributed by atoms with van der Waals surface area (Å²) < 4.78 is 0. The quantitative estimate of drug-likeness (QED) is 0.165. The first-order valence-corrected chi connectivity index (χ1v) is 13.7. The molecule has 5 amide bonds.